The van der Waals surface area contributed by atoms with Crippen molar-refractivity contribution in [2.45, 2.75) is 6.92 Å². The molecule has 0 radical (unpaired) electrons. The summed E-state index contributed by atoms with van der Waals surface area (Å²) in [6.07, 6.45) is 0. The Labute approximate surface area is 161 Å². The van der Waals surface area contributed by atoms with Gasteiger partial charge in [0.1, 0.15) is 29.4 Å². The third kappa shape index (κ3) is 6.71. The Kier molecular flexibility index (Phi) is 7.76. The first-order valence-electron chi connectivity index (χ1n) is 8.27. The molecule has 0 bridgehead atoms. The summed E-state index contributed by atoms with van der Waals surface area (Å²) in [5.74, 6) is -0.197. The van der Waals surface area contributed by atoms with Crippen LogP contribution in [0, 0.1) is 0 Å². The lowest BCUT2D eigenvalue weighted by Gasteiger charge is -2.09. The van der Waals surface area contributed by atoms with Crippen LogP contribution < -0.4 is 14.8 Å². The van der Waals surface area contributed by atoms with Crippen LogP contribution in [0.2, 0.25) is 5.02 Å². The standard InChI is InChI=1S/C19H20ClNO6/c1-2-25-14-4-6-15(7-5-14)26-10-9-21-18(23)12-27-19(24)16-8-3-13(20)11-17(16)22/h3-8,11,22H,2,9-10,12H2,1H3,(H,21,23). The Hall–Kier alpha value is -2.93. The fraction of sp³-hybridized carbons (Fsp3) is 0.263. The molecule has 0 aromatic heterocycles. The van der Waals surface area contributed by atoms with Gasteiger partial charge in [0, 0.05) is 5.02 Å². The van der Waals surface area contributed by atoms with Crippen molar-refractivity contribution in [2.75, 3.05) is 26.4 Å². The van der Waals surface area contributed by atoms with Gasteiger partial charge < -0.3 is 24.6 Å². The topological polar surface area (TPSA) is 94.1 Å². The van der Waals surface area contributed by atoms with E-state index in [-0.39, 0.29) is 29.5 Å². The van der Waals surface area contributed by atoms with Crippen LogP contribution in [0.25, 0.3) is 0 Å². The summed E-state index contributed by atoms with van der Waals surface area (Å²) < 4.78 is 15.7. The van der Waals surface area contributed by atoms with E-state index in [0.29, 0.717) is 12.4 Å². The minimum absolute atomic E-state index is 0.0639. The maximum absolute atomic E-state index is 11.8. The minimum atomic E-state index is -0.815. The van der Waals surface area contributed by atoms with Crippen LogP contribution in [0.15, 0.2) is 42.5 Å². The zero-order valence-corrected chi connectivity index (χ0v) is 15.5. The molecule has 0 saturated heterocycles. The van der Waals surface area contributed by atoms with Gasteiger partial charge >= 0.3 is 5.97 Å². The first-order valence-corrected chi connectivity index (χ1v) is 8.65. The van der Waals surface area contributed by atoms with Gasteiger partial charge in [0.05, 0.1) is 13.2 Å². The van der Waals surface area contributed by atoms with Crippen molar-refractivity contribution in [2.24, 2.45) is 0 Å². The molecule has 0 aliphatic carbocycles. The fourth-order valence-electron chi connectivity index (χ4n) is 2.10. The molecule has 0 saturated carbocycles. The largest absolute Gasteiger partial charge is 0.507 e. The van der Waals surface area contributed by atoms with Gasteiger partial charge in [0.15, 0.2) is 6.61 Å². The molecule has 2 rings (SSSR count). The SMILES string of the molecule is CCOc1ccc(OCCNC(=O)COC(=O)c2ccc(Cl)cc2O)cc1. The highest BCUT2D eigenvalue weighted by molar-refractivity contribution is 6.30. The molecule has 7 nitrogen and oxygen atoms in total. The van der Waals surface area contributed by atoms with Gasteiger partial charge in [0.2, 0.25) is 0 Å². The fourth-order valence-corrected chi connectivity index (χ4v) is 2.26. The molecule has 1 amide bonds. The van der Waals surface area contributed by atoms with Gasteiger partial charge in [-0.05, 0) is 49.4 Å². The summed E-state index contributed by atoms with van der Waals surface area (Å²) in [6, 6.07) is 11.1. The Morgan fingerprint density at radius 2 is 1.74 bits per heavy atom. The summed E-state index contributed by atoms with van der Waals surface area (Å²) in [7, 11) is 0. The molecule has 2 aromatic rings. The number of hydrogen-bond donors (Lipinski definition) is 2. The van der Waals surface area contributed by atoms with E-state index in [1.807, 2.05) is 6.92 Å². The highest BCUT2D eigenvalue weighted by atomic mass is 35.5. The van der Waals surface area contributed by atoms with Crippen molar-refractivity contribution >= 4 is 23.5 Å². The van der Waals surface area contributed by atoms with E-state index in [4.69, 9.17) is 25.8 Å². The number of carbonyl (C=O) groups excluding carboxylic acids is 2. The minimum Gasteiger partial charge on any atom is -0.507 e. The highest BCUT2D eigenvalue weighted by Gasteiger charge is 2.14. The molecule has 2 aromatic carbocycles. The van der Waals surface area contributed by atoms with Crippen LogP contribution in [-0.4, -0.2) is 43.3 Å². The number of rotatable bonds is 9. The van der Waals surface area contributed by atoms with E-state index in [1.54, 1.807) is 24.3 Å². The van der Waals surface area contributed by atoms with E-state index < -0.39 is 18.5 Å². The lowest BCUT2D eigenvalue weighted by atomic mass is 10.2. The van der Waals surface area contributed by atoms with Crippen LogP contribution >= 0.6 is 11.6 Å². The number of phenols is 1. The Bertz CT molecular complexity index is 778. The number of halogens is 1. The number of aromatic hydroxyl groups is 1. The summed E-state index contributed by atoms with van der Waals surface area (Å²) in [5, 5.41) is 12.5. The highest BCUT2D eigenvalue weighted by Crippen LogP contribution is 2.22. The van der Waals surface area contributed by atoms with E-state index in [9.17, 15) is 14.7 Å². The van der Waals surface area contributed by atoms with Crippen molar-refractivity contribution in [3.63, 3.8) is 0 Å². The smallest absolute Gasteiger partial charge is 0.342 e. The number of amides is 1. The molecule has 2 N–H and O–H groups in total. The molecule has 0 aliphatic heterocycles. The maximum atomic E-state index is 11.8. The van der Waals surface area contributed by atoms with Gasteiger partial charge in [-0.1, -0.05) is 11.6 Å². The van der Waals surface area contributed by atoms with E-state index in [0.717, 1.165) is 5.75 Å². The van der Waals surface area contributed by atoms with Crippen molar-refractivity contribution in [1.29, 1.82) is 0 Å². The molecule has 0 fully saturated rings. The summed E-state index contributed by atoms with van der Waals surface area (Å²) in [6.45, 7) is 2.53. The summed E-state index contributed by atoms with van der Waals surface area (Å²) in [4.78, 5) is 23.5. The van der Waals surface area contributed by atoms with Crippen LogP contribution in [-0.2, 0) is 9.53 Å². The molecule has 0 aliphatic rings. The number of carbonyl (C=O) groups is 2. The zero-order chi connectivity index (χ0) is 19.6. The van der Waals surface area contributed by atoms with Crippen LogP contribution in [0.3, 0.4) is 0 Å². The van der Waals surface area contributed by atoms with Gasteiger partial charge in [-0.15, -0.1) is 0 Å². The van der Waals surface area contributed by atoms with Gasteiger partial charge in [-0.3, -0.25) is 4.79 Å². The second kappa shape index (κ2) is 10.3. The van der Waals surface area contributed by atoms with Crippen LogP contribution in [0.1, 0.15) is 17.3 Å². The van der Waals surface area contributed by atoms with Crippen LogP contribution in [0.4, 0.5) is 0 Å². The second-order valence-electron chi connectivity index (χ2n) is 5.34. The predicted molar refractivity (Wildman–Crippen MR) is 99.5 cm³/mol. The average molecular weight is 394 g/mol. The van der Waals surface area contributed by atoms with Gasteiger partial charge in [-0.2, -0.15) is 0 Å². The molecule has 0 atom stereocenters. The number of benzene rings is 2. The second-order valence-corrected chi connectivity index (χ2v) is 5.78. The quantitative estimate of drug-likeness (QED) is 0.502. The maximum Gasteiger partial charge on any atom is 0.342 e. The van der Waals surface area contributed by atoms with Crippen molar-refractivity contribution < 1.29 is 28.9 Å². The molecular weight excluding hydrogens is 374 g/mol. The van der Waals surface area contributed by atoms with Crippen molar-refractivity contribution in [3.05, 3.63) is 53.1 Å². The van der Waals surface area contributed by atoms with E-state index >= 15 is 0 Å². The molecule has 0 spiro atoms. The molecule has 0 unspecified atom stereocenters. The van der Waals surface area contributed by atoms with Gasteiger partial charge in [-0.25, -0.2) is 4.79 Å². The number of ether oxygens (including phenoxy) is 3. The predicted octanol–water partition coefficient (Wildman–Crippen LogP) is 2.80. The van der Waals surface area contributed by atoms with Gasteiger partial charge in [0.25, 0.3) is 5.91 Å². The normalized spacial score (nSPS) is 10.1. The number of nitrogens with one attached hydrogen (secondary N) is 1. The number of hydrogen-bond acceptors (Lipinski definition) is 6. The number of esters is 1. The molecule has 8 heteroatoms. The van der Waals surface area contributed by atoms with E-state index in [2.05, 4.69) is 5.32 Å². The monoisotopic (exact) mass is 393 g/mol. The zero-order valence-electron chi connectivity index (χ0n) is 14.7. The van der Waals surface area contributed by atoms with Crippen LogP contribution in [0.5, 0.6) is 17.2 Å². The Morgan fingerprint density at radius 1 is 1.07 bits per heavy atom. The first-order chi connectivity index (χ1) is 13.0. The molecule has 27 heavy (non-hydrogen) atoms. The molecular formula is C19H20ClNO6. The third-order valence-corrected chi connectivity index (χ3v) is 3.58. The Morgan fingerprint density at radius 3 is 2.37 bits per heavy atom. The van der Waals surface area contributed by atoms with Crippen molar-refractivity contribution in [1.82, 2.24) is 5.32 Å². The average Bonchev–Trinajstić information content (AvgIpc) is 2.65. The van der Waals surface area contributed by atoms with Crippen molar-refractivity contribution in [3.8, 4) is 17.2 Å². The first kappa shape index (κ1) is 20.4. The lowest BCUT2D eigenvalue weighted by molar-refractivity contribution is -0.124. The Balaban J connectivity index is 1.66. The summed E-state index contributed by atoms with van der Waals surface area (Å²) in [5.41, 5.74) is -0.0639. The molecule has 144 valence electrons. The summed E-state index contributed by atoms with van der Waals surface area (Å²) >= 11 is 5.69. The lowest BCUT2D eigenvalue weighted by Crippen LogP contribution is -2.32. The third-order valence-electron chi connectivity index (χ3n) is 3.34. The number of phenolic OH excluding ortho intramolecular Hbond substituents is 1. The van der Waals surface area contributed by atoms with E-state index in [1.165, 1.54) is 18.2 Å². The molecule has 0 heterocycles.